The van der Waals surface area contributed by atoms with Crippen LogP contribution in [0.1, 0.15) is 37.5 Å². The van der Waals surface area contributed by atoms with Gasteiger partial charge in [-0.05, 0) is 18.4 Å². The summed E-state index contributed by atoms with van der Waals surface area (Å²) in [6.45, 7) is 5.19. The molecule has 0 aliphatic heterocycles. The van der Waals surface area contributed by atoms with E-state index in [2.05, 4.69) is 19.0 Å². The third-order valence-electron chi connectivity index (χ3n) is 2.84. The minimum atomic E-state index is 0.302. The lowest BCUT2D eigenvalue weighted by Crippen LogP contribution is -2.28. The van der Waals surface area contributed by atoms with Gasteiger partial charge in [0.25, 0.3) is 0 Å². The van der Waals surface area contributed by atoms with E-state index >= 15 is 0 Å². The molecule has 13 heavy (non-hydrogen) atoms. The van der Waals surface area contributed by atoms with Crippen LogP contribution in [0.2, 0.25) is 0 Å². The molecule has 2 rings (SSSR count). The second-order valence-electron chi connectivity index (χ2n) is 4.68. The summed E-state index contributed by atoms with van der Waals surface area (Å²) in [6.07, 6.45) is 3.94. The van der Waals surface area contributed by atoms with Crippen LogP contribution in [0.4, 0.5) is 0 Å². The van der Waals surface area contributed by atoms with Gasteiger partial charge in [-0.2, -0.15) is 0 Å². The fraction of sp³-hybridized carbons (Fsp3) is 0.700. The molecule has 0 amide bonds. The summed E-state index contributed by atoms with van der Waals surface area (Å²) >= 11 is 0. The zero-order chi connectivity index (χ0) is 9.47. The highest BCUT2D eigenvalue weighted by Gasteiger charge is 2.34. The molecule has 0 aromatic carbocycles. The van der Waals surface area contributed by atoms with Gasteiger partial charge in [-0.25, -0.2) is 0 Å². The van der Waals surface area contributed by atoms with Crippen molar-refractivity contribution < 1.29 is 4.52 Å². The first-order valence-corrected chi connectivity index (χ1v) is 4.76. The van der Waals surface area contributed by atoms with Gasteiger partial charge in [0.05, 0.1) is 6.20 Å². The molecule has 72 valence electrons. The Morgan fingerprint density at radius 3 is 3.15 bits per heavy atom. The van der Waals surface area contributed by atoms with Crippen LogP contribution in [0.3, 0.4) is 0 Å². The molecular weight excluding hydrogens is 164 g/mol. The molecule has 1 aliphatic rings. The van der Waals surface area contributed by atoms with E-state index in [1.54, 1.807) is 0 Å². The zero-order valence-corrected chi connectivity index (χ0v) is 8.21. The van der Waals surface area contributed by atoms with Crippen LogP contribution in [0.25, 0.3) is 0 Å². The van der Waals surface area contributed by atoms with Crippen LogP contribution in [0, 0.1) is 5.41 Å². The molecule has 0 radical (unpaired) electrons. The molecule has 1 unspecified atom stereocenters. The van der Waals surface area contributed by atoms with Crippen LogP contribution in [-0.2, 0) is 6.42 Å². The highest BCUT2D eigenvalue weighted by Crippen LogP contribution is 2.41. The number of nitrogens with two attached hydrogens (primary N) is 1. The predicted octanol–water partition coefficient (Wildman–Crippen LogP) is 1.69. The molecule has 1 aromatic heterocycles. The van der Waals surface area contributed by atoms with Gasteiger partial charge < -0.3 is 10.3 Å². The van der Waals surface area contributed by atoms with Crippen molar-refractivity contribution in [3.63, 3.8) is 0 Å². The van der Waals surface area contributed by atoms with Crippen molar-refractivity contribution in [2.24, 2.45) is 11.1 Å². The Morgan fingerprint density at radius 1 is 1.69 bits per heavy atom. The smallest absolute Gasteiger partial charge is 0.140 e. The van der Waals surface area contributed by atoms with Crippen molar-refractivity contribution in [2.45, 2.75) is 32.6 Å². The minimum Gasteiger partial charge on any atom is -0.361 e. The van der Waals surface area contributed by atoms with Gasteiger partial charge in [0.1, 0.15) is 5.76 Å². The van der Waals surface area contributed by atoms with E-state index in [9.17, 15) is 0 Å². The summed E-state index contributed by atoms with van der Waals surface area (Å²) in [7, 11) is 0. The maximum Gasteiger partial charge on any atom is 0.140 e. The van der Waals surface area contributed by atoms with Crippen molar-refractivity contribution in [1.82, 2.24) is 5.16 Å². The maximum atomic E-state index is 5.73. The van der Waals surface area contributed by atoms with Crippen molar-refractivity contribution in [3.05, 3.63) is 17.5 Å². The van der Waals surface area contributed by atoms with E-state index < -0.39 is 0 Å². The van der Waals surface area contributed by atoms with Gasteiger partial charge >= 0.3 is 0 Å². The molecule has 1 atom stereocenters. The molecule has 1 aromatic rings. The molecule has 1 heterocycles. The Hall–Kier alpha value is -0.830. The number of hydrogen-bond acceptors (Lipinski definition) is 3. The van der Waals surface area contributed by atoms with E-state index in [0.717, 1.165) is 18.6 Å². The maximum absolute atomic E-state index is 5.73. The molecular formula is C10H16N2O. The fourth-order valence-corrected chi connectivity index (χ4v) is 2.23. The summed E-state index contributed by atoms with van der Waals surface area (Å²) in [5.41, 5.74) is 7.26. The summed E-state index contributed by atoms with van der Waals surface area (Å²) in [5.74, 6) is 1.47. The van der Waals surface area contributed by atoms with Gasteiger partial charge in [0.15, 0.2) is 0 Å². The average Bonchev–Trinajstić information content (AvgIpc) is 2.48. The third-order valence-corrected chi connectivity index (χ3v) is 2.84. The molecule has 1 aliphatic carbocycles. The first kappa shape index (κ1) is 8.75. The summed E-state index contributed by atoms with van der Waals surface area (Å²) in [5, 5.41) is 3.84. The molecule has 2 N–H and O–H groups in total. The largest absolute Gasteiger partial charge is 0.361 e. The number of aromatic nitrogens is 1. The first-order valence-electron chi connectivity index (χ1n) is 4.76. The van der Waals surface area contributed by atoms with Gasteiger partial charge in [-0.3, -0.25) is 0 Å². The van der Waals surface area contributed by atoms with Crippen LogP contribution < -0.4 is 5.73 Å². The van der Waals surface area contributed by atoms with Gasteiger partial charge in [0, 0.05) is 17.9 Å². The van der Waals surface area contributed by atoms with E-state index in [-0.39, 0.29) is 0 Å². The molecule has 0 saturated heterocycles. The Morgan fingerprint density at radius 2 is 2.46 bits per heavy atom. The molecule has 0 fully saturated rings. The van der Waals surface area contributed by atoms with E-state index in [1.807, 2.05) is 6.20 Å². The third kappa shape index (κ3) is 1.48. The normalized spacial score (nSPS) is 25.6. The van der Waals surface area contributed by atoms with E-state index in [4.69, 9.17) is 10.3 Å². The molecule has 0 saturated carbocycles. The van der Waals surface area contributed by atoms with Crippen LogP contribution in [0.5, 0.6) is 0 Å². The van der Waals surface area contributed by atoms with Crippen molar-refractivity contribution in [1.29, 1.82) is 0 Å². The fourth-order valence-electron chi connectivity index (χ4n) is 2.23. The Balaban J connectivity index is 2.36. The second-order valence-corrected chi connectivity index (χ2v) is 4.68. The Labute approximate surface area is 78.3 Å². The molecule has 0 bridgehead atoms. The van der Waals surface area contributed by atoms with Crippen molar-refractivity contribution in [2.75, 3.05) is 6.54 Å². The summed E-state index contributed by atoms with van der Waals surface area (Å²) in [4.78, 5) is 0. The lowest BCUT2D eigenvalue weighted by molar-refractivity contribution is 0.242. The lowest BCUT2D eigenvalue weighted by atomic mass is 9.72. The molecule has 0 spiro atoms. The Kier molecular flexibility index (Phi) is 1.91. The van der Waals surface area contributed by atoms with Crippen LogP contribution in [0.15, 0.2) is 10.7 Å². The monoisotopic (exact) mass is 180 g/mol. The Bertz CT molecular complexity index is 304. The number of fused-ring (bicyclic) bond motifs is 1. The van der Waals surface area contributed by atoms with E-state index in [1.165, 1.54) is 5.56 Å². The highest BCUT2D eigenvalue weighted by atomic mass is 16.5. The second kappa shape index (κ2) is 2.84. The number of nitrogens with zero attached hydrogens (tertiary/aromatic N) is 1. The minimum absolute atomic E-state index is 0.302. The standard InChI is InChI=1S/C10H16N2O/c1-10(2)3-7(5-11)8-6-12-13-9(8)4-10/h6-7H,3-5,11H2,1-2H3. The van der Waals surface area contributed by atoms with Crippen LogP contribution in [-0.4, -0.2) is 11.7 Å². The van der Waals surface area contributed by atoms with Gasteiger partial charge in [-0.15, -0.1) is 0 Å². The van der Waals surface area contributed by atoms with Gasteiger partial charge in [0.2, 0.25) is 0 Å². The van der Waals surface area contributed by atoms with Crippen LogP contribution >= 0.6 is 0 Å². The average molecular weight is 180 g/mol. The lowest BCUT2D eigenvalue weighted by Gasteiger charge is -2.33. The quantitative estimate of drug-likeness (QED) is 0.715. The summed E-state index contributed by atoms with van der Waals surface area (Å²) < 4.78 is 5.22. The predicted molar refractivity (Wildman–Crippen MR) is 50.4 cm³/mol. The van der Waals surface area contributed by atoms with E-state index in [0.29, 0.717) is 17.9 Å². The number of rotatable bonds is 1. The van der Waals surface area contributed by atoms with Gasteiger partial charge in [-0.1, -0.05) is 19.0 Å². The molecule has 3 nitrogen and oxygen atoms in total. The first-order chi connectivity index (χ1) is 6.12. The summed E-state index contributed by atoms with van der Waals surface area (Å²) in [6, 6.07) is 0. The van der Waals surface area contributed by atoms with Crippen molar-refractivity contribution in [3.8, 4) is 0 Å². The van der Waals surface area contributed by atoms with Crippen molar-refractivity contribution >= 4 is 0 Å². The topological polar surface area (TPSA) is 52.0 Å². The molecule has 3 heteroatoms. The highest BCUT2D eigenvalue weighted by molar-refractivity contribution is 5.24. The SMILES string of the molecule is CC1(C)Cc2oncc2C(CN)C1. The zero-order valence-electron chi connectivity index (χ0n) is 8.21. The number of hydrogen-bond donors (Lipinski definition) is 1.